The highest BCUT2D eigenvalue weighted by Crippen LogP contribution is 2.19. The van der Waals surface area contributed by atoms with Gasteiger partial charge in [0.25, 0.3) is 0 Å². The molecule has 1 aliphatic heterocycles. The first-order valence-corrected chi connectivity index (χ1v) is 6.97. The standard InChI is InChI=1S/C11H19NO4S/c1-2-4-16-7-10(13)12-3-5-17-8-9(12)6-11(14)15/h9H,2-8H2,1H3,(H,14,15). The summed E-state index contributed by atoms with van der Waals surface area (Å²) in [6, 6.07) is -0.191. The first kappa shape index (κ1) is 14.3. The molecule has 5 nitrogen and oxygen atoms in total. The molecule has 0 bridgehead atoms. The highest BCUT2D eigenvalue weighted by Gasteiger charge is 2.28. The number of ether oxygens (including phenoxy) is 1. The van der Waals surface area contributed by atoms with Gasteiger partial charge in [0.1, 0.15) is 6.61 Å². The van der Waals surface area contributed by atoms with Crippen LogP contribution < -0.4 is 0 Å². The summed E-state index contributed by atoms with van der Waals surface area (Å²) in [6.45, 7) is 3.23. The molecule has 1 fully saturated rings. The van der Waals surface area contributed by atoms with Crippen molar-refractivity contribution in [3.05, 3.63) is 0 Å². The number of hydrogen-bond donors (Lipinski definition) is 1. The lowest BCUT2D eigenvalue weighted by atomic mass is 10.2. The van der Waals surface area contributed by atoms with Crippen LogP contribution in [0.4, 0.5) is 0 Å². The van der Waals surface area contributed by atoms with Crippen LogP contribution in [0, 0.1) is 0 Å². The Bertz CT molecular complexity index is 272. The minimum absolute atomic E-state index is 0.0204. The summed E-state index contributed by atoms with van der Waals surface area (Å²) in [5.41, 5.74) is 0. The van der Waals surface area contributed by atoms with Crippen LogP contribution in [0.3, 0.4) is 0 Å². The summed E-state index contributed by atoms with van der Waals surface area (Å²) in [5, 5.41) is 8.80. The first-order valence-electron chi connectivity index (χ1n) is 5.82. The molecule has 0 aliphatic carbocycles. The Morgan fingerprint density at radius 1 is 1.53 bits per heavy atom. The molecule has 0 radical (unpaired) electrons. The second-order valence-corrected chi connectivity index (χ2v) is 5.12. The third-order valence-corrected chi connectivity index (χ3v) is 3.62. The lowest BCUT2D eigenvalue weighted by Gasteiger charge is -2.34. The first-order chi connectivity index (χ1) is 8.15. The Morgan fingerprint density at radius 3 is 2.94 bits per heavy atom. The van der Waals surface area contributed by atoms with Crippen LogP contribution in [-0.2, 0) is 14.3 Å². The van der Waals surface area contributed by atoms with E-state index in [9.17, 15) is 9.59 Å². The predicted octanol–water partition coefficient (Wildman–Crippen LogP) is 0.832. The molecule has 1 amide bonds. The molecule has 1 rings (SSSR count). The van der Waals surface area contributed by atoms with Gasteiger partial charge in [-0.25, -0.2) is 0 Å². The largest absolute Gasteiger partial charge is 0.481 e. The van der Waals surface area contributed by atoms with E-state index >= 15 is 0 Å². The van der Waals surface area contributed by atoms with Crippen LogP contribution >= 0.6 is 11.8 Å². The monoisotopic (exact) mass is 261 g/mol. The Morgan fingerprint density at radius 2 is 2.29 bits per heavy atom. The summed E-state index contributed by atoms with van der Waals surface area (Å²) >= 11 is 1.70. The molecule has 17 heavy (non-hydrogen) atoms. The molecular formula is C11H19NO4S. The summed E-state index contributed by atoms with van der Waals surface area (Å²) in [4.78, 5) is 24.2. The zero-order chi connectivity index (χ0) is 12.7. The molecule has 1 saturated heterocycles. The van der Waals surface area contributed by atoms with Gasteiger partial charge in [-0.1, -0.05) is 6.92 Å². The van der Waals surface area contributed by atoms with Crippen LogP contribution in [0.15, 0.2) is 0 Å². The van der Waals surface area contributed by atoms with Gasteiger partial charge in [-0.3, -0.25) is 9.59 Å². The summed E-state index contributed by atoms with van der Waals surface area (Å²) in [5.74, 6) is 0.622. The third kappa shape index (κ3) is 4.95. The fourth-order valence-corrected chi connectivity index (χ4v) is 2.80. The van der Waals surface area contributed by atoms with Crippen LogP contribution in [0.5, 0.6) is 0 Å². The fourth-order valence-electron chi connectivity index (χ4n) is 1.74. The number of carboxylic acids is 1. The van der Waals surface area contributed by atoms with Gasteiger partial charge in [-0.2, -0.15) is 11.8 Å². The van der Waals surface area contributed by atoms with Crippen molar-refractivity contribution >= 4 is 23.6 Å². The van der Waals surface area contributed by atoms with Crippen molar-refractivity contribution in [2.45, 2.75) is 25.8 Å². The SMILES string of the molecule is CCCOCC(=O)N1CCSCC1CC(=O)O. The van der Waals surface area contributed by atoms with Crippen molar-refractivity contribution in [1.82, 2.24) is 4.90 Å². The molecule has 0 saturated carbocycles. The molecule has 98 valence electrons. The molecule has 1 unspecified atom stereocenters. The Balaban J connectivity index is 2.45. The summed E-state index contributed by atoms with van der Waals surface area (Å²) < 4.78 is 5.21. The lowest BCUT2D eigenvalue weighted by Crippen LogP contribution is -2.48. The van der Waals surface area contributed by atoms with Gasteiger partial charge in [0.15, 0.2) is 0 Å². The van der Waals surface area contributed by atoms with E-state index in [1.54, 1.807) is 16.7 Å². The molecule has 1 aliphatic rings. The number of amides is 1. The van der Waals surface area contributed by atoms with Crippen LogP contribution in [0.1, 0.15) is 19.8 Å². The highest BCUT2D eigenvalue weighted by molar-refractivity contribution is 7.99. The molecule has 1 N–H and O–H groups in total. The Labute approximate surface area is 105 Å². The van der Waals surface area contributed by atoms with Crippen molar-refractivity contribution < 1.29 is 19.4 Å². The third-order valence-electron chi connectivity index (χ3n) is 2.53. The number of carbonyl (C=O) groups excluding carboxylic acids is 1. The van der Waals surface area contributed by atoms with E-state index in [1.165, 1.54) is 0 Å². The average Bonchev–Trinajstić information content (AvgIpc) is 2.29. The maximum atomic E-state index is 11.9. The zero-order valence-electron chi connectivity index (χ0n) is 10.1. The Kier molecular flexibility index (Phi) is 6.36. The van der Waals surface area contributed by atoms with Gasteiger partial charge in [-0.05, 0) is 6.42 Å². The van der Waals surface area contributed by atoms with E-state index in [-0.39, 0.29) is 25.0 Å². The molecule has 1 atom stereocenters. The van der Waals surface area contributed by atoms with Crippen LogP contribution in [-0.4, -0.2) is 59.2 Å². The molecule has 0 aromatic heterocycles. The van der Waals surface area contributed by atoms with Crippen molar-refractivity contribution in [3.8, 4) is 0 Å². The second kappa shape index (κ2) is 7.55. The summed E-state index contributed by atoms with van der Waals surface area (Å²) in [7, 11) is 0. The van der Waals surface area contributed by atoms with Crippen molar-refractivity contribution in [1.29, 1.82) is 0 Å². The van der Waals surface area contributed by atoms with E-state index in [4.69, 9.17) is 9.84 Å². The van der Waals surface area contributed by atoms with E-state index < -0.39 is 5.97 Å². The number of carboxylic acid groups (broad SMARTS) is 1. The van der Waals surface area contributed by atoms with E-state index in [1.807, 2.05) is 6.92 Å². The number of thioether (sulfide) groups is 1. The normalized spacial score (nSPS) is 20.3. The Hall–Kier alpha value is -0.750. The number of rotatable bonds is 6. The molecule has 0 spiro atoms. The van der Waals surface area contributed by atoms with E-state index in [0.717, 1.165) is 12.2 Å². The lowest BCUT2D eigenvalue weighted by molar-refractivity contribution is -0.142. The van der Waals surface area contributed by atoms with Gasteiger partial charge >= 0.3 is 5.97 Å². The van der Waals surface area contributed by atoms with Gasteiger partial charge in [0.05, 0.1) is 12.5 Å². The van der Waals surface area contributed by atoms with Gasteiger partial charge in [-0.15, -0.1) is 0 Å². The van der Waals surface area contributed by atoms with Crippen molar-refractivity contribution in [2.75, 3.05) is 31.3 Å². The molecule has 0 aromatic carbocycles. The highest BCUT2D eigenvalue weighted by atomic mass is 32.2. The van der Waals surface area contributed by atoms with Gasteiger partial charge in [0.2, 0.25) is 5.91 Å². The fraction of sp³-hybridized carbons (Fsp3) is 0.818. The maximum absolute atomic E-state index is 11.9. The number of hydrogen-bond acceptors (Lipinski definition) is 4. The van der Waals surface area contributed by atoms with E-state index in [0.29, 0.717) is 18.9 Å². The smallest absolute Gasteiger partial charge is 0.305 e. The van der Waals surface area contributed by atoms with E-state index in [2.05, 4.69) is 0 Å². The molecule has 1 heterocycles. The average molecular weight is 261 g/mol. The molecule has 6 heteroatoms. The quantitative estimate of drug-likeness (QED) is 0.717. The second-order valence-electron chi connectivity index (χ2n) is 3.97. The van der Waals surface area contributed by atoms with Gasteiger partial charge in [0, 0.05) is 24.7 Å². The minimum atomic E-state index is -0.857. The van der Waals surface area contributed by atoms with Crippen LogP contribution in [0.25, 0.3) is 0 Å². The minimum Gasteiger partial charge on any atom is -0.481 e. The van der Waals surface area contributed by atoms with Crippen molar-refractivity contribution in [3.63, 3.8) is 0 Å². The molecular weight excluding hydrogens is 242 g/mol. The van der Waals surface area contributed by atoms with Crippen molar-refractivity contribution in [2.24, 2.45) is 0 Å². The number of aliphatic carboxylic acids is 1. The maximum Gasteiger partial charge on any atom is 0.305 e. The predicted molar refractivity (Wildman–Crippen MR) is 66.2 cm³/mol. The van der Waals surface area contributed by atoms with Gasteiger partial charge < -0.3 is 14.7 Å². The molecule has 0 aromatic rings. The van der Waals surface area contributed by atoms with Crippen LogP contribution in [0.2, 0.25) is 0 Å². The number of carbonyl (C=O) groups is 2. The zero-order valence-corrected chi connectivity index (χ0v) is 10.9. The number of nitrogens with zero attached hydrogens (tertiary/aromatic N) is 1. The summed E-state index contributed by atoms with van der Waals surface area (Å²) in [6.07, 6.45) is 0.897. The topological polar surface area (TPSA) is 66.8 Å².